The van der Waals surface area contributed by atoms with Crippen LogP contribution in [0.2, 0.25) is 0 Å². The molecular weight excluding hydrogens is 270 g/mol. The normalized spacial score (nSPS) is 10.4. The van der Waals surface area contributed by atoms with Crippen molar-refractivity contribution >= 4 is 15.9 Å². The quantitative estimate of drug-likeness (QED) is 0.861. The van der Waals surface area contributed by atoms with Crippen LogP contribution in [0.4, 0.5) is 0 Å². The lowest BCUT2D eigenvalue weighted by atomic mass is 10.1. The molecular formula is C12H12BrNO2. The lowest BCUT2D eigenvalue weighted by molar-refractivity contribution is 0.410. The van der Waals surface area contributed by atoms with Crippen molar-refractivity contribution in [3.8, 4) is 17.1 Å². The minimum atomic E-state index is 0.497. The Bertz CT molecular complexity index is 494. The highest BCUT2D eigenvalue weighted by molar-refractivity contribution is 9.10. The molecule has 1 heterocycles. The number of oxazole rings is 1. The van der Waals surface area contributed by atoms with Crippen molar-refractivity contribution in [3.63, 3.8) is 0 Å². The van der Waals surface area contributed by atoms with Gasteiger partial charge in [0.25, 0.3) is 4.80 Å². The van der Waals surface area contributed by atoms with Crippen molar-refractivity contribution < 1.29 is 9.15 Å². The summed E-state index contributed by atoms with van der Waals surface area (Å²) in [5.41, 5.74) is 2.17. The maximum atomic E-state index is 5.41. The number of hydrogen-bond donors (Lipinski definition) is 0. The molecule has 0 aliphatic heterocycles. The third kappa shape index (κ3) is 2.11. The lowest BCUT2D eigenvalue weighted by Crippen LogP contribution is -1.90. The molecule has 0 spiro atoms. The zero-order valence-electron chi connectivity index (χ0n) is 9.16. The third-order valence-electron chi connectivity index (χ3n) is 2.42. The van der Waals surface area contributed by atoms with E-state index in [4.69, 9.17) is 9.15 Å². The van der Waals surface area contributed by atoms with Crippen LogP contribution in [0.5, 0.6) is 5.75 Å². The molecule has 0 aliphatic carbocycles. The predicted molar refractivity (Wildman–Crippen MR) is 65.6 cm³/mol. The standard InChI is InChI=1S/C12H12BrNO2/c1-3-8-6-9(4-5-10(8)15-2)11-7-14-12(13)16-11/h4-7H,3H2,1-2H3. The Morgan fingerprint density at radius 3 is 2.81 bits per heavy atom. The first-order chi connectivity index (χ1) is 7.74. The summed E-state index contributed by atoms with van der Waals surface area (Å²) >= 11 is 3.19. The Morgan fingerprint density at radius 1 is 1.44 bits per heavy atom. The Hall–Kier alpha value is -1.29. The van der Waals surface area contributed by atoms with Gasteiger partial charge in [0, 0.05) is 21.5 Å². The van der Waals surface area contributed by atoms with E-state index in [-0.39, 0.29) is 0 Å². The first-order valence-corrected chi connectivity index (χ1v) is 5.82. The van der Waals surface area contributed by atoms with E-state index in [0.29, 0.717) is 4.80 Å². The van der Waals surface area contributed by atoms with Crippen molar-refractivity contribution in [1.29, 1.82) is 0 Å². The van der Waals surface area contributed by atoms with Crippen LogP contribution >= 0.6 is 15.9 Å². The summed E-state index contributed by atoms with van der Waals surface area (Å²) in [7, 11) is 1.68. The van der Waals surface area contributed by atoms with Gasteiger partial charge in [-0.1, -0.05) is 6.92 Å². The molecule has 1 aromatic heterocycles. The van der Waals surface area contributed by atoms with Gasteiger partial charge in [-0.3, -0.25) is 0 Å². The Balaban J connectivity index is 2.43. The Labute approximate surface area is 103 Å². The highest BCUT2D eigenvalue weighted by Crippen LogP contribution is 2.28. The van der Waals surface area contributed by atoms with Gasteiger partial charge in [-0.2, -0.15) is 0 Å². The number of benzene rings is 1. The summed E-state index contributed by atoms with van der Waals surface area (Å²) in [6.07, 6.45) is 2.62. The molecule has 0 amide bonds. The van der Waals surface area contributed by atoms with E-state index < -0.39 is 0 Å². The molecule has 0 radical (unpaired) electrons. The highest BCUT2D eigenvalue weighted by Gasteiger charge is 2.07. The average molecular weight is 282 g/mol. The number of halogens is 1. The average Bonchev–Trinajstić information content (AvgIpc) is 2.75. The summed E-state index contributed by atoms with van der Waals surface area (Å²) in [4.78, 5) is 4.51. The van der Waals surface area contributed by atoms with E-state index in [2.05, 4.69) is 33.9 Å². The largest absolute Gasteiger partial charge is 0.496 e. The van der Waals surface area contributed by atoms with Gasteiger partial charge >= 0.3 is 0 Å². The fourth-order valence-corrected chi connectivity index (χ4v) is 1.87. The second kappa shape index (κ2) is 4.70. The molecule has 2 rings (SSSR count). The van der Waals surface area contributed by atoms with Crippen LogP contribution in [0.15, 0.2) is 33.6 Å². The van der Waals surface area contributed by atoms with Crippen LogP contribution in [-0.4, -0.2) is 12.1 Å². The topological polar surface area (TPSA) is 35.3 Å². The molecule has 84 valence electrons. The number of rotatable bonds is 3. The van der Waals surface area contributed by atoms with Gasteiger partial charge in [-0.15, -0.1) is 0 Å². The molecule has 2 aromatic rings. The highest BCUT2D eigenvalue weighted by atomic mass is 79.9. The zero-order chi connectivity index (χ0) is 11.5. The first-order valence-electron chi connectivity index (χ1n) is 5.03. The monoisotopic (exact) mass is 281 g/mol. The smallest absolute Gasteiger partial charge is 0.264 e. The molecule has 16 heavy (non-hydrogen) atoms. The maximum absolute atomic E-state index is 5.41. The van der Waals surface area contributed by atoms with E-state index in [0.717, 1.165) is 29.1 Å². The SMILES string of the molecule is CCc1cc(-c2cnc(Br)o2)ccc1OC. The van der Waals surface area contributed by atoms with Crippen LogP contribution in [-0.2, 0) is 6.42 Å². The van der Waals surface area contributed by atoms with Crippen molar-refractivity contribution in [2.75, 3.05) is 7.11 Å². The second-order valence-electron chi connectivity index (χ2n) is 3.36. The lowest BCUT2D eigenvalue weighted by Gasteiger charge is -2.07. The van der Waals surface area contributed by atoms with Gasteiger partial charge in [0.05, 0.1) is 13.3 Å². The molecule has 1 aromatic carbocycles. The molecule has 4 heteroatoms. The molecule has 0 saturated carbocycles. The minimum Gasteiger partial charge on any atom is -0.496 e. The van der Waals surface area contributed by atoms with E-state index >= 15 is 0 Å². The number of ether oxygens (including phenoxy) is 1. The molecule has 3 nitrogen and oxygen atoms in total. The Kier molecular flexibility index (Phi) is 3.29. The molecule has 0 unspecified atom stereocenters. The maximum Gasteiger partial charge on any atom is 0.264 e. The van der Waals surface area contributed by atoms with Crippen LogP contribution in [0.25, 0.3) is 11.3 Å². The second-order valence-corrected chi connectivity index (χ2v) is 4.04. The van der Waals surface area contributed by atoms with Gasteiger partial charge in [0.2, 0.25) is 0 Å². The molecule has 0 fully saturated rings. The first kappa shape index (κ1) is 11.2. The minimum absolute atomic E-state index is 0.497. The van der Waals surface area contributed by atoms with Gasteiger partial charge < -0.3 is 9.15 Å². The van der Waals surface area contributed by atoms with Gasteiger partial charge in [-0.05, 0) is 30.2 Å². The molecule has 0 N–H and O–H groups in total. The fourth-order valence-electron chi connectivity index (χ4n) is 1.59. The van der Waals surface area contributed by atoms with Crippen LogP contribution in [0.1, 0.15) is 12.5 Å². The van der Waals surface area contributed by atoms with Gasteiger partial charge in [0.15, 0.2) is 5.76 Å². The molecule has 0 bridgehead atoms. The fraction of sp³-hybridized carbons (Fsp3) is 0.250. The predicted octanol–water partition coefficient (Wildman–Crippen LogP) is 3.68. The third-order valence-corrected chi connectivity index (χ3v) is 2.79. The number of methoxy groups -OCH3 is 1. The number of hydrogen-bond acceptors (Lipinski definition) is 3. The van der Waals surface area contributed by atoms with Crippen LogP contribution in [0, 0.1) is 0 Å². The summed E-state index contributed by atoms with van der Waals surface area (Å²) in [5, 5.41) is 0. The van der Waals surface area contributed by atoms with E-state index in [1.54, 1.807) is 13.3 Å². The van der Waals surface area contributed by atoms with Gasteiger partial charge in [0.1, 0.15) is 5.75 Å². The summed E-state index contributed by atoms with van der Waals surface area (Å²) in [5.74, 6) is 1.66. The van der Waals surface area contributed by atoms with Crippen LogP contribution in [0.3, 0.4) is 0 Å². The van der Waals surface area contributed by atoms with Crippen molar-refractivity contribution in [3.05, 3.63) is 34.8 Å². The molecule has 0 saturated heterocycles. The summed E-state index contributed by atoms with van der Waals surface area (Å²) in [6, 6.07) is 5.97. The van der Waals surface area contributed by atoms with Crippen molar-refractivity contribution in [2.45, 2.75) is 13.3 Å². The molecule has 0 aliphatic rings. The van der Waals surface area contributed by atoms with E-state index in [1.807, 2.05) is 12.1 Å². The van der Waals surface area contributed by atoms with Gasteiger partial charge in [-0.25, -0.2) is 4.98 Å². The van der Waals surface area contributed by atoms with E-state index in [1.165, 1.54) is 0 Å². The molecule has 0 atom stereocenters. The summed E-state index contributed by atoms with van der Waals surface area (Å²) < 4.78 is 10.7. The number of aromatic nitrogens is 1. The Morgan fingerprint density at radius 2 is 2.25 bits per heavy atom. The zero-order valence-corrected chi connectivity index (χ0v) is 10.7. The van der Waals surface area contributed by atoms with Crippen LogP contribution < -0.4 is 4.74 Å². The number of nitrogens with zero attached hydrogens (tertiary/aromatic N) is 1. The van der Waals surface area contributed by atoms with Crippen molar-refractivity contribution in [2.24, 2.45) is 0 Å². The number of aryl methyl sites for hydroxylation is 1. The van der Waals surface area contributed by atoms with E-state index in [9.17, 15) is 0 Å². The summed E-state index contributed by atoms with van der Waals surface area (Å²) in [6.45, 7) is 2.10. The van der Waals surface area contributed by atoms with Crippen molar-refractivity contribution in [1.82, 2.24) is 4.98 Å².